The number of fused-ring (bicyclic) bond motifs is 2. The molecule has 2 bridgehead atoms. The molecule has 4 fully saturated rings. The van der Waals surface area contributed by atoms with E-state index in [-0.39, 0.29) is 24.2 Å². The fraction of sp³-hybridized carbons (Fsp3) is 0.633. The summed E-state index contributed by atoms with van der Waals surface area (Å²) in [6, 6.07) is 7.68. The Labute approximate surface area is 221 Å². The third-order valence-electron chi connectivity index (χ3n) is 11.3. The summed E-state index contributed by atoms with van der Waals surface area (Å²) in [5.41, 5.74) is 1.20. The fourth-order valence-electron chi connectivity index (χ4n) is 9.30. The molecule has 9 unspecified atom stereocenters. The normalized spacial score (nSPS) is 47.5. The molecule has 204 valence electrons. The van der Waals surface area contributed by atoms with E-state index in [0.29, 0.717) is 31.5 Å². The molecule has 8 heteroatoms. The van der Waals surface area contributed by atoms with Crippen molar-refractivity contribution in [1.82, 2.24) is 9.88 Å². The van der Waals surface area contributed by atoms with Crippen molar-refractivity contribution in [2.45, 2.75) is 92.7 Å². The molecular formula is C30H37F2N3O3. The number of pyridine rings is 1. The number of ether oxygens (including phenoxy) is 1. The van der Waals surface area contributed by atoms with Gasteiger partial charge < -0.3 is 25.6 Å². The van der Waals surface area contributed by atoms with E-state index in [1.165, 1.54) is 5.57 Å². The first-order chi connectivity index (χ1) is 17.9. The van der Waals surface area contributed by atoms with Crippen LogP contribution in [-0.2, 0) is 4.74 Å². The molecular weight excluding hydrogens is 488 g/mol. The molecule has 6 nitrogen and oxygen atoms in total. The molecule has 5 aliphatic rings. The zero-order valence-electron chi connectivity index (χ0n) is 22.3. The molecule has 1 aromatic carbocycles. The monoisotopic (exact) mass is 525 g/mol. The number of allylic oxidation sites excluding steroid dienone is 2. The van der Waals surface area contributed by atoms with Crippen LogP contribution >= 0.6 is 0 Å². The number of hydrogen-bond acceptors (Lipinski definition) is 6. The van der Waals surface area contributed by atoms with Crippen LogP contribution in [0.3, 0.4) is 0 Å². The van der Waals surface area contributed by atoms with Crippen molar-refractivity contribution in [3.8, 4) is 0 Å². The number of aliphatic hydroxyl groups is 2. The molecule has 1 aromatic heterocycles. The highest BCUT2D eigenvalue weighted by Gasteiger charge is 2.82. The van der Waals surface area contributed by atoms with Crippen LogP contribution in [0.25, 0.3) is 16.3 Å². The topological polar surface area (TPSA) is 91.8 Å². The van der Waals surface area contributed by atoms with Gasteiger partial charge in [0.2, 0.25) is 0 Å². The third-order valence-corrected chi connectivity index (χ3v) is 11.3. The molecule has 3 aliphatic carbocycles. The summed E-state index contributed by atoms with van der Waals surface area (Å²) in [5, 5.41) is 23.9. The first kappa shape index (κ1) is 24.9. The third kappa shape index (κ3) is 2.82. The zero-order chi connectivity index (χ0) is 26.9. The molecule has 2 saturated heterocycles. The van der Waals surface area contributed by atoms with Crippen molar-refractivity contribution in [1.29, 1.82) is 0 Å². The van der Waals surface area contributed by atoms with Crippen LogP contribution < -0.4 is 5.73 Å². The van der Waals surface area contributed by atoms with Gasteiger partial charge in [0.15, 0.2) is 5.67 Å². The molecule has 2 aliphatic heterocycles. The highest BCUT2D eigenvalue weighted by molar-refractivity contribution is 5.88. The molecule has 4 N–H and O–H groups in total. The Kier molecular flexibility index (Phi) is 4.93. The highest BCUT2D eigenvalue weighted by atomic mass is 19.2. The summed E-state index contributed by atoms with van der Waals surface area (Å²) in [7, 11) is 3.63. The summed E-state index contributed by atoms with van der Waals surface area (Å²) < 4.78 is 41.0. The van der Waals surface area contributed by atoms with Crippen LogP contribution in [0.5, 0.6) is 0 Å². The summed E-state index contributed by atoms with van der Waals surface area (Å²) in [5.74, 6) is 0.322. The van der Waals surface area contributed by atoms with Gasteiger partial charge in [0.25, 0.3) is 0 Å². The second kappa shape index (κ2) is 7.53. The van der Waals surface area contributed by atoms with E-state index in [4.69, 9.17) is 10.5 Å². The summed E-state index contributed by atoms with van der Waals surface area (Å²) in [4.78, 5) is 6.01. The Morgan fingerprint density at radius 3 is 2.63 bits per heavy atom. The number of likely N-dealkylation sites (N-methyl/N-ethyl adjacent to an activating group) is 1. The number of nitrogen functional groups attached to an aromatic ring is 1. The number of aliphatic hydroxyl groups excluding tert-OH is 2. The predicted octanol–water partition coefficient (Wildman–Crippen LogP) is 4.18. The lowest BCUT2D eigenvalue weighted by Crippen LogP contribution is -2.78. The molecule has 0 radical (unpaired) electrons. The van der Waals surface area contributed by atoms with Gasteiger partial charge in [-0.15, -0.1) is 0 Å². The van der Waals surface area contributed by atoms with Gasteiger partial charge in [0.05, 0.1) is 6.10 Å². The minimum atomic E-state index is -2.33. The number of nitrogens with two attached hydrogens (primary N) is 1. The number of benzene rings is 1. The summed E-state index contributed by atoms with van der Waals surface area (Å²) in [6.45, 7) is 2.21. The van der Waals surface area contributed by atoms with E-state index < -0.39 is 47.2 Å². The minimum absolute atomic E-state index is 0.146. The number of nitrogens with zero attached hydrogens (tertiary/aromatic N) is 2. The van der Waals surface area contributed by atoms with E-state index in [1.807, 2.05) is 31.1 Å². The van der Waals surface area contributed by atoms with Gasteiger partial charge in [0.1, 0.15) is 28.8 Å². The van der Waals surface area contributed by atoms with Crippen LogP contribution in [0.15, 0.2) is 36.5 Å². The van der Waals surface area contributed by atoms with Crippen LogP contribution in [0.1, 0.15) is 57.4 Å². The summed E-state index contributed by atoms with van der Waals surface area (Å²) >= 11 is 0. The molecule has 0 amide bonds. The standard InChI is InChI=1S/C30H37F2N3O3/c1-26-8-9-27(31)16-29(32)25(37)24(36)21(35(2)3)14-28(29)10-11-30(27,38-28)22(26)7-6-20(26)17-4-5-18-15-34-23(33)13-19(18)12-17/h4-6,12-13,15,21-22,24-25,36-37H,7-11,14,16H2,1-3H3,(H2,33,34). The number of anilines is 1. The van der Waals surface area contributed by atoms with Crippen molar-refractivity contribution >= 4 is 22.2 Å². The van der Waals surface area contributed by atoms with E-state index in [1.54, 1.807) is 6.20 Å². The minimum Gasteiger partial charge on any atom is -0.389 e. The average molecular weight is 526 g/mol. The lowest BCUT2D eigenvalue weighted by atomic mass is 9.51. The Balaban J connectivity index is 1.29. The first-order valence-corrected chi connectivity index (χ1v) is 13.9. The largest absolute Gasteiger partial charge is 0.389 e. The van der Waals surface area contributed by atoms with Gasteiger partial charge in [0, 0.05) is 30.0 Å². The number of aromatic nitrogens is 1. The number of rotatable bonds is 2. The van der Waals surface area contributed by atoms with E-state index in [0.717, 1.165) is 16.3 Å². The van der Waals surface area contributed by atoms with Gasteiger partial charge in [-0.05, 0) is 86.7 Å². The maximum atomic E-state index is 17.2. The lowest BCUT2D eigenvalue weighted by molar-refractivity contribution is -0.347. The van der Waals surface area contributed by atoms with Crippen LogP contribution in [0.4, 0.5) is 14.6 Å². The van der Waals surface area contributed by atoms with Crippen molar-refractivity contribution in [2.24, 2.45) is 11.3 Å². The highest BCUT2D eigenvalue weighted by Crippen LogP contribution is 2.74. The van der Waals surface area contributed by atoms with Crippen LogP contribution in [0, 0.1) is 11.3 Å². The SMILES string of the molecule is CN(C)C1CC23CCC4(O2)C2CC=C(c5ccc6cnc(N)cc6c5)C2(C)CCC4(F)CC3(F)C(O)C1O. The Morgan fingerprint density at radius 2 is 1.87 bits per heavy atom. The van der Waals surface area contributed by atoms with Gasteiger partial charge in [-0.1, -0.05) is 25.1 Å². The number of hydrogen-bond donors (Lipinski definition) is 3. The maximum Gasteiger partial charge on any atom is 0.171 e. The second-order valence-corrected chi connectivity index (χ2v) is 13.2. The Hall–Kier alpha value is -2.13. The van der Waals surface area contributed by atoms with Crippen LogP contribution in [0.2, 0.25) is 0 Å². The number of alkyl halides is 2. The zero-order valence-corrected chi connectivity index (χ0v) is 22.3. The van der Waals surface area contributed by atoms with Crippen molar-refractivity contribution in [3.63, 3.8) is 0 Å². The molecule has 38 heavy (non-hydrogen) atoms. The molecule has 9 atom stereocenters. The van der Waals surface area contributed by atoms with Gasteiger partial charge >= 0.3 is 0 Å². The van der Waals surface area contributed by atoms with Crippen LogP contribution in [-0.4, -0.2) is 75.0 Å². The van der Waals surface area contributed by atoms with Gasteiger partial charge in [-0.25, -0.2) is 13.8 Å². The smallest absolute Gasteiger partial charge is 0.171 e. The van der Waals surface area contributed by atoms with Crippen molar-refractivity contribution in [3.05, 3.63) is 42.1 Å². The second-order valence-electron chi connectivity index (χ2n) is 13.2. The molecule has 7 rings (SSSR count). The van der Waals surface area contributed by atoms with Crippen molar-refractivity contribution in [2.75, 3.05) is 19.8 Å². The average Bonchev–Trinajstić information content (AvgIpc) is 3.42. The lowest BCUT2D eigenvalue weighted by Gasteiger charge is -2.65. The predicted molar refractivity (Wildman–Crippen MR) is 142 cm³/mol. The van der Waals surface area contributed by atoms with Gasteiger partial charge in [-0.2, -0.15) is 0 Å². The van der Waals surface area contributed by atoms with Gasteiger partial charge in [-0.3, -0.25) is 0 Å². The molecule has 3 heterocycles. The summed E-state index contributed by atoms with van der Waals surface area (Å²) in [6.07, 6.45) is 2.94. The Bertz CT molecular complexity index is 1370. The van der Waals surface area contributed by atoms with Crippen molar-refractivity contribution < 1.29 is 23.7 Å². The molecule has 2 saturated carbocycles. The van der Waals surface area contributed by atoms with E-state index in [9.17, 15) is 10.2 Å². The number of halogens is 2. The molecule has 2 spiro atoms. The van der Waals surface area contributed by atoms with E-state index >= 15 is 8.78 Å². The van der Waals surface area contributed by atoms with E-state index in [2.05, 4.69) is 30.1 Å². The fourth-order valence-corrected chi connectivity index (χ4v) is 9.30. The maximum absolute atomic E-state index is 17.2. The quantitative estimate of drug-likeness (QED) is 0.545. The first-order valence-electron chi connectivity index (χ1n) is 13.9. The molecule has 2 aromatic rings. The Morgan fingerprint density at radius 1 is 1.08 bits per heavy atom.